The fourth-order valence-corrected chi connectivity index (χ4v) is 1.94. The maximum absolute atomic E-state index is 4.45. The Kier molecular flexibility index (Phi) is 3.96. The number of rotatable bonds is 4. The highest BCUT2D eigenvalue weighted by Crippen LogP contribution is 2.25. The average Bonchev–Trinajstić information content (AvgIpc) is 2.42. The monoisotopic (exact) mass is 249 g/mol. The number of nitrogens with zero attached hydrogens (tertiary/aromatic N) is 1. The standard InChI is InChI=1S/C18H19N/c1-13-11-18(19-12-16(13)4)15(3)10-14(2)17-8-6-5-7-9-17/h5-9,11-12H,2-3,10H2,1,4H3. The molecule has 1 heterocycles. The third-order valence-electron chi connectivity index (χ3n) is 3.34. The second-order valence-corrected chi connectivity index (χ2v) is 4.90. The van der Waals surface area contributed by atoms with E-state index in [4.69, 9.17) is 0 Å². The van der Waals surface area contributed by atoms with Crippen LogP contribution in [0.5, 0.6) is 0 Å². The van der Waals surface area contributed by atoms with Crippen molar-refractivity contribution in [1.29, 1.82) is 0 Å². The maximum atomic E-state index is 4.45. The van der Waals surface area contributed by atoms with Gasteiger partial charge >= 0.3 is 0 Å². The van der Waals surface area contributed by atoms with Crippen molar-refractivity contribution in [2.75, 3.05) is 0 Å². The van der Waals surface area contributed by atoms with Gasteiger partial charge in [-0.25, -0.2) is 0 Å². The van der Waals surface area contributed by atoms with Crippen molar-refractivity contribution < 1.29 is 0 Å². The first kappa shape index (κ1) is 13.3. The zero-order chi connectivity index (χ0) is 13.8. The van der Waals surface area contributed by atoms with Gasteiger partial charge in [0.25, 0.3) is 0 Å². The van der Waals surface area contributed by atoms with Gasteiger partial charge in [0, 0.05) is 6.20 Å². The molecule has 1 aromatic carbocycles. The van der Waals surface area contributed by atoms with Crippen LogP contribution in [0.4, 0.5) is 0 Å². The minimum Gasteiger partial charge on any atom is -0.256 e. The van der Waals surface area contributed by atoms with Crippen molar-refractivity contribution in [2.45, 2.75) is 20.3 Å². The van der Waals surface area contributed by atoms with Crippen LogP contribution in [0.1, 0.15) is 28.8 Å². The van der Waals surface area contributed by atoms with Gasteiger partial charge in [-0.3, -0.25) is 4.98 Å². The van der Waals surface area contributed by atoms with Crippen molar-refractivity contribution in [3.8, 4) is 0 Å². The van der Waals surface area contributed by atoms with Crippen LogP contribution in [0.3, 0.4) is 0 Å². The molecule has 0 aliphatic rings. The molecule has 19 heavy (non-hydrogen) atoms. The average molecular weight is 249 g/mol. The van der Waals surface area contributed by atoms with Gasteiger partial charge in [0.05, 0.1) is 5.69 Å². The van der Waals surface area contributed by atoms with Gasteiger partial charge in [-0.2, -0.15) is 0 Å². The molecule has 96 valence electrons. The first-order chi connectivity index (χ1) is 9.08. The molecule has 0 bridgehead atoms. The number of aryl methyl sites for hydroxylation is 2. The second-order valence-electron chi connectivity index (χ2n) is 4.90. The van der Waals surface area contributed by atoms with Crippen LogP contribution in [-0.4, -0.2) is 4.98 Å². The van der Waals surface area contributed by atoms with E-state index in [1.165, 1.54) is 11.1 Å². The number of benzene rings is 1. The fourth-order valence-electron chi connectivity index (χ4n) is 1.94. The van der Waals surface area contributed by atoms with E-state index in [1.807, 2.05) is 24.4 Å². The third-order valence-corrected chi connectivity index (χ3v) is 3.34. The van der Waals surface area contributed by atoms with Gasteiger partial charge in [-0.1, -0.05) is 43.5 Å². The summed E-state index contributed by atoms with van der Waals surface area (Å²) < 4.78 is 0. The summed E-state index contributed by atoms with van der Waals surface area (Å²) in [6.07, 6.45) is 2.65. The van der Waals surface area contributed by atoms with Gasteiger partial charge < -0.3 is 0 Å². The lowest BCUT2D eigenvalue weighted by Gasteiger charge is -2.10. The summed E-state index contributed by atoms with van der Waals surface area (Å²) in [6, 6.07) is 12.3. The molecule has 0 aliphatic carbocycles. The third kappa shape index (κ3) is 3.19. The first-order valence-electron chi connectivity index (χ1n) is 6.42. The van der Waals surface area contributed by atoms with E-state index in [0.717, 1.165) is 28.8 Å². The van der Waals surface area contributed by atoms with E-state index in [2.05, 4.69) is 50.2 Å². The van der Waals surface area contributed by atoms with Crippen LogP contribution in [0.2, 0.25) is 0 Å². The first-order valence-corrected chi connectivity index (χ1v) is 6.42. The fraction of sp³-hybridized carbons (Fsp3) is 0.167. The highest BCUT2D eigenvalue weighted by molar-refractivity contribution is 5.76. The summed E-state index contributed by atoms with van der Waals surface area (Å²) in [4.78, 5) is 4.45. The zero-order valence-corrected chi connectivity index (χ0v) is 11.6. The Hall–Kier alpha value is -2.15. The molecule has 0 fully saturated rings. The van der Waals surface area contributed by atoms with E-state index < -0.39 is 0 Å². The Morgan fingerprint density at radius 2 is 1.68 bits per heavy atom. The molecule has 0 spiro atoms. The largest absolute Gasteiger partial charge is 0.256 e. The van der Waals surface area contributed by atoms with Gasteiger partial charge in [-0.15, -0.1) is 0 Å². The highest BCUT2D eigenvalue weighted by Gasteiger charge is 2.06. The number of aromatic nitrogens is 1. The van der Waals surface area contributed by atoms with Gasteiger partial charge in [0.15, 0.2) is 0 Å². The van der Waals surface area contributed by atoms with E-state index in [9.17, 15) is 0 Å². The summed E-state index contributed by atoms with van der Waals surface area (Å²) in [5.74, 6) is 0. The lowest BCUT2D eigenvalue weighted by atomic mass is 9.98. The molecule has 1 heteroatoms. The Morgan fingerprint density at radius 3 is 2.32 bits per heavy atom. The summed E-state index contributed by atoms with van der Waals surface area (Å²) in [5, 5.41) is 0. The summed E-state index contributed by atoms with van der Waals surface area (Å²) >= 11 is 0. The van der Waals surface area contributed by atoms with E-state index >= 15 is 0 Å². The van der Waals surface area contributed by atoms with Crippen LogP contribution in [0.25, 0.3) is 11.1 Å². The molecule has 0 radical (unpaired) electrons. The molecule has 0 saturated carbocycles. The lowest BCUT2D eigenvalue weighted by Crippen LogP contribution is -1.93. The molecule has 2 aromatic rings. The van der Waals surface area contributed by atoms with Crippen molar-refractivity contribution in [3.05, 3.63) is 78.1 Å². The predicted molar refractivity (Wildman–Crippen MR) is 82.8 cm³/mol. The summed E-state index contributed by atoms with van der Waals surface area (Å²) in [7, 11) is 0. The van der Waals surface area contributed by atoms with Gasteiger partial charge in [0.1, 0.15) is 0 Å². The molecule has 0 N–H and O–H groups in total. The van der Waals surface area contributed by atoms with Gasteiger partial charge in [-0.05, 0) is 54.2 Å². The van der Waals surface area contributed by atoms with E-state index in [-0.39, 0.29) is 0 Å². The van der Waals surface area contributed by atoms with Crippen LogP contribution < -0.4 is 0 Å². The molecular weight excluding hydrogens is 230 g/mol. The number of hydrogen-bond acceptors (Lipinski definition) is 1. The number of pyridine rings is 1. The molecule has 1 nitrogen and oxygen atoms in total. The summed E-state index contributed by atoms with van der Waals surface area (Å²) in [5.41, 5.74) is 6.66. The van der Waals surface area contributed by atoms with Crippen molar-refractivity contribution >= 4 is 11.1 Å². The Bertz CT molecular complexity index is 609. The van der Waals surface area contributed by atoms with Crippen molar-refractivity contribution in [2.24, 2.45) is 0 Å². The Morgan fingerprint density at radius 1 is 1.00 bits per heavy atom. The van der Waals surface area contributed by atoms with Crippen molar-refractivity contribution in [1.82, 2.24) is 4.98 Å². The minimum absolute atomic E-state index is 0.750. The quantitative estimate of drug-likeness (QED) is 0.757. The zero-order valence-electron chi connectivity index (χ0n) is 11.6. The van der Waals surface area contributed by atoms with E-state index in [0.29, 0.717) is 0 Å². The lowest BCUT2D eigenvalue weighted by molar-refractivity contribution is 1.17. The Balaban J connectivity index is 2.13. The van der Waals surface area contributed by atoms with Crippen LogP contribution in [0, 0.1) is 13.8 Å². The van der Waals surface area contributed by atoms with E-state index in [1.54, 1.807) is 0 Å². The molecule has 2 rings (SSSR count). The maximum Gasteiger partial charge on any atom is 0.0661 e. The normalized spacial score (nSPS) is 10.2. The smallest absolute Gasteiger partial charge is 0.0661 e. The SMILES string of the molecule is C=C(CC(=C)c1cc(C)c(C)cn1)c1ccccc1. The molecule has 0 unspecified atom stereocenters. The summed E-state index contributed by atoms with van der Waals surface area (Å²) in [6.45, 7) is 12.4. The predicted octanol–water partition coefficient (Wildman–Crippen LogP) is 4.82. The molecule has 0 amide bonds. The highest BCUT2D eigenvalue weighted by atomic mass is 14.7. The minimum atomic E-state index is 0.750. The van der Waals surface area contributed by atoms with Crippen LogP contribution in [-0.2, 0) is 0 Å². The molecule has 0 aliphatic heterocycles. The molecule has 1 aromatic heterocycles. The topological polar surface area (TPSA) is 12.9 Å². The molecular formula is C18H19N. The Labute approximate surface area is 115 Å². The number of hydrogen-bond donors (Lipinski definition) is 0. The molecule has 0 atom stereocenters. The van der Waals surface area contributed by atoms with Gasteiger partial charge in [0.2, 0.25) is 0 Å². The molecule has 0 saturated heterocycles. The number of allylic oxidation sites excluding steroid dienone is 2. The van der Waals surface area contributed by atoms with Crippen LogP contribution in [0.15, 0.2) is 55.8 Å². The van der Waals surface area contributed by atoms with Crippen molar-refractivity contribution in [3.63, 3.8) is 0 Å². The van der Waals surface area contributed by atoms with Crippen LogP contribution >= 0.6 is 0 Å². The second kappa shape index (κ2) is 5.66.